The van der Waals surface area contributed by atoms with Crippen molar-refractivity contribution in [3.05, 3.63) is 28.2 Å². The SMILES string of the molecule is C#CC1(c2ccc(Br)c(NC(=O)OC(C)(C)C)c2)CC1. The molecule has 1 saturated carbocycles. The number of terminal acetylenes is 1. The number of rotatable bonds is 2. The largest absolute Gasteiger partial charge is 0.444 e. The molecule has 4 heteroatoms. The Morgan fingerprint density at radius 3 is 2.60 bits per heavy atom. The van der Waals surface area contributed by atoms with E-state index in [1.807, 2.05) is 39.0 Å². The van der Waals surface area contributed by atoms with Crippen molar-refractivity contribution in [1.29, 1.82) is 0 Å². The minimum absolute atomic E-state index is 0.148. The number of carbonyl (C=O) groups excluding carboxylic acids is 1. The fraction of sp³-hybridized carbons (Fsp3) is 0.438. The van der Waals surface area contributed by atoms with Crippen LogP contribution in [0.5, 0.6) is 0 Å². The summed E-state index contributed by atoms with van der Waals surface area (Å²) in [6, 6.07) is 5.82. The number of carbonyl (C=O) groups is 1. The molecule has 0 spiro atoms. The molecule has 1 aromatic rings. The summed E-state index contributed by atoms with van der Waals surface area (Å²) in [4.78, 5) is 11.8. The van der Waals surface area contributed by atoms with E-state index < -0.39 is 11.7 Å². The van der Waals surface area contributed by atoms with Crippen molar-refractivity contribution in [1.82, 2.24) is 0 Å². The van der Waals surface area contributed by atoms with Gasteiger partial charge >= 0.3 is 6.09 Å². The van der Waals surface area contributed by atoms with Crippen LogP contribution < -0.4 is 5.32 Å². The highest BCUT2D eigenvalue weighted by Gasteiger charge is 2.42. The van der Waals surface area contributed by atoms with Crippen LogP contribution >= 0.6 is 15.9 Å². The molecule has 0 bridgehead atoms. The Kier molecular flexibility index (Phi) is 3.84. The van der Waals surface area contributed by atoms with Crippen molar-refractivity contribution in [3.63, 3.8) is 0 Å². The summed E-state index contributed by atoms with van der Waals surface area (Å²) in [5.41, 5.74) is 1.07. The summed E-state index contributed by atoms with van der Waals surface area (Å²) in [5.74, 6) is 2.85. The second kappa shape index (κ2) is 5.14. The van der Waals surface area contributed by atoms with Crippen LogP contribution in [0.3, 0.4) is 0 Å². The summed E-state index contributed by atoms with van der Waals surface area (Å²) in [6.45, 7) is 5.49. The molecule has 1 aromatic carbocycles. The summed E-state index contributed by atoms with van der Waals surface area (Å²) < 4.78 is 6.06. The van der Waals surface area contributed by atoms with Crippen LogP contribution in [0.4, 0.5) is 10.5 Å². The molecular weight excluding hydrogens is 318 g/mol. The average molecular weight is 336 g/mol. The van der Waals surface area contributed by atoms with Crippen molar-refractivity contribution in [2.45, 2.75) is 44.6 Å². The maximum absolute atomic E-state index is 11.8. The average Bonchev–Trinajstić information content (AvgIpc) is 3.10. The maximum Gasteiger partial charge on any atom is 0.412 e. The van der Waals surface area contributed by atoms with Gasteiger partial charge < -0.3 is 4.74 Å². The third-order valence-electron chi connectivity index (χ3n) is 3.18. The monoisotopic (exact) mass is 335 g/mol. The first kappa shape index (κ1) is 14.9. The summed E-state index contributed by atoms with van der Waals surface area (Å²) in [7, 11) is 0. The van der Waals surface area contributed by atoms with Crippen LogP contribution in [0, 0.1) is 12.3 Å². The number of hydrogen-bond donors (Lipinski definition) is 1. The maximum atomic E-state index is 11.8. The van der Waals surface area contributed by atoms with E-state index in [9.17, 15) is 4.79 Å². The van der Waals surface area contributed by atoms with Gasteiger partial charge in [-0.05, 0) is 67.2 Å². The molecule has 0 unspecified atom stereocenters. The van der Waals surface area contributed by atoms with E-state index in [0.29, 0.717) is 5.69 Å². The van der Waals surface area contributed by atoms with E-state index in [0.717, 1.165) is 22.9 Å². The highest BCUT2D eigenvalue weighted by Crippen LogP contribution is 2.48. The second-order valence-electron chi connectivity index (χ2n) is 6.05. The van der Waals surface area contributed by atoms with Crippen LogP contribution in [0.1, 0.15) is 39.2 Å². The molecule has 1 N–H and O–H groups in total. The molecule has 0 aromatic heterocycles. The van der Waals surface area contributed by atoms with Gasteiger partial charge in [0.2, 0.25) is 0 Å². The van der Waals surface area contributed by atoms with Crippen LogP contribution in [-0.2, 0) is 10.2 Å². The van der Waals surface area contributed by atoms with Gasteiger partial charge in [0.05, 0.1) is 11.1 Å². The Morgan fingerprint density at radius 1 is 1.45 bits per heavy atom. The van der Waals surface area contributed by atoms with Gasteiger partial charge in [0.15, 0.2) is 0 Å². The van der Waals surface area contributed by atoms with E-state index in [1.165, 1.54) is 0 Å². The Hall–Kier alpha value is -1.47. The van der Waals surface area contributed by atoms with Gasteiger partial charge in [-0.25, -0.2) is 4.79 Å². The van der Waals surface area contributed by atoms with Gasteiger partial charge in [-0.15, -0.1) is 6.42 Å². The summed E-state index contributed by atoms with van der Waals surface area (Å²) in [5, 5.41) is 2.75. The first-order valence-electron chi connectivity index (χ1n) is 6.54. The summed E-state index contributed by atoms with van der Waals surface area (Å²) >= 11 is 3.43. The number of amides is 1. The number of hydrogen-bond acceptors (Lipinski definition) is 2. The highest BCUT2D eigenvalue weighted by molar-refractivity contribution is 9.10. The van der Waals surface area contributed by atoms with E-state index >= 15 is 0 Å². The quantitative estimate of drug-likeness (QED) is 0.810. The molecule has 1 aliphatic carbocycles. The topological polar surface area (TPSA) is 38.3 Å². The molecular formula is C16H18BrNO2. The van der Waals surface area contributed by atoms with Crippen molar-refractivity contribution in [2.75, 3.05) is 5.32 Å². The predicted octanol–water partition coefficient (Wildman–Crippen LogP) is 4.46. The normalized spacial score (nSPS) is 16.1. The Labute approximate surface area is 128 Å². The lowest BCUT2D eigenvalue weighted by Gasteiger charge is -2.20. The van der Waals surface area contributed by atoms with Crippen molar-refractivity contribution < 1.29 is 9.53 Å². The zero-order valence-corrected chi connectivity index (χ0v) is 13.5. The number of ether oxygens (including phenoxy) is 1. The molecule has 1 fully saturated rings. The molecule has 0 saturated heterocycles. The first-order valence-corrected chi connectivity index (χ1v) is 7.33. The van der Waals surface area contributed by atoms with Gasteiger partial charge in [0.25, 0.3) is 0 Å². The lowest BCUT2D eigenvalue weighted by Crippen LogP contribution is -2.27. The zero-order chi connectivity index (χ0) is 15.0. The third kappa shape index (κ3) is 3.34. The number of anilines is 1. The molecule has 2 rings (SSSR count). The molecule has 0 atom stereocenters. The number of halogens is 1. The van der Waals surface area contributed by atoms with Gasteiger partial charge in [-0.2, -0.15) is 0 Å². The number of nitrogens with one attached hydrogen (secondary N) is 1. The lowest BCUT2D eigenvalue weighted by atomic mass is 9.97. The van der Waals surface area contributed by atoms with Gasteiger partial charge in [-0.3, -0.25) is 5.32 Å². The van der Waals surface area contributed by atoms with Crippen molar-refractivity contribution in [2.24, 2.45) is 0 Å². The Bertz CT molecular complexity index is 577. The Morgan fingerprint density at radius 2 is 2.10 bits per heavy atom. The summed E-state index contributed by atoms with van der Waals surface area (Å²) in [6.07, 6.45) is 7.12. The van der Waals surface area contributed by atoms with E-state index in [1.54, 1.807) is 0 Å². The molecule has 0 radical (unpaired) electrons. The van der Waals surface area contributed by atoms with E-state index in [2.05, 4.69) is 27.2 Å². The smallest absolute Gasteiger partial charge is 0.412 e. The fourth-order valence-corrected chi connectivity index (χ4v) is 2.32. The second-order valence-corrected chi connectivity index (χ2v) is 6.90. The van der Waals surface area contributed by atoms with Crippen LogP contribution in [0.15, 0.2) is 22.7 Å². The molecule has 0 heterocycles. The number of benzene rings is 1. The molecule has 106 valence electrons. The van der Waals surface area contributed by atoms with E-state index in [-0.39, 0.29) is 5.41 Å². The lowest BCUT2D eigenvalue weighted by molar-refractivity contribution is 0.0636. The highest BCUT2D eigenvalue weighted by atomic mass is 79.9. The van der Waals surface area contributed by atoms with Crippen molar-refractivity contribution >= 4 is 27.7 Å². The van der Waals surface area contributed by atoms with E-state index in [4.69, 9.17) is 11.2 Å². The minimum atomic E-state index is -0.523. The van der Waals surface area contributed by atoms with Gasteiger partial charge in [-0.1, -0.05) is 12.0 Å². The molecule has 0 aliphatic heterocycles. The Balaban J connectivity index is 2.18. The van der Waals surface area contributed by atoms with Gasteiger partial charge in [0, 0.05) is 4.47 Å². The van der Waals surface area contributed by atoms with Crippen molar-refractivity contribution in [3.8, 4) is 12.3 Å². The fourth-order valence-electron chi connectivity index (χ4n) is 1.97. The molecule has 1 amide bonds. The molecule has 3 nitrogen and oxygen atoms in total. The van der Waals surface area contributed by atoms with Crippen LogP contribution in [-0.4, -0.2) is 11.7 Å². The standard InChI is InChI=1S/C16H18BrNO2/c1-5-16(8-9-16)11-6-7-12(17)13(10-11)18-14(19)20-15(2,3)4/h1,6-7,10H,8-9H2,2-4H3,(H,18,19). The predicted molar refractivity (Wildman–Crippen MR) is 83.7 cm³/mol. The zero-order valence-electron chi connectivity index (χ0n) is 11.9. The van der Waals surface area contributed by atoms with Crippen LogP contribution in [0.25, 0.3) is 0 Å². The minimum Gasteiger partial charge on any atom is -0.444 e. The van der Waals surface area contributed by atoms with Crippen LogP contribution in [0.2, 0.25) is 0 Å². The third-order valence-corrected chi connectivity index (χ3v) is 3.87. The molecule has 20 heavy (non-hydrogen) atoms. The first-order chi connectivity index (χ1) is 9.26. The molecule has 1 aliphatic rings. The van der Waals surface area contributed by atoms with Gasteiger partial charge in [0.1, 0.15) is 5.60 Å².